The Balaban J connectivity index is 1.01. The molecule has 296 valence electrons. The summed E-state index contributed by atoms with van der Waals surface area (Å²) in [4.78, 5) is 57.4. The third kappa shape index (κ3) is 7.64. The Morgan fingerprint density at radius 1 is 1.11 bits per heavy atom. The van der Waals surface area contributed by atoms with E-state index in [9.17, 15) is 29.4 Å². The second-order valence-electron chi connectivity index (χ2n) is 18.2. The molecule has 6 rings (SSSR count). The van der Waals surface area contributed by atoms with E-state index in [0.717, 1.165) is 44.1 Å². The highest BCUT2D eigenvalue weighted by atomic mass is 32.2. The van der Waals surface area contributed by atoms with Crippen molar-refractivity contribution in [1.82, 2.24) is 10.2 Å². The largest absolute Gasteiger partial charge is 0.393 e. The van der Waals surface area contributed by atoms with Gasteiger partial charge < -0.3 is 15.5 Å². The minimum absolute atomic E-state index is 0.0419. The number of terminal acetylenes is 1. The number of ketones is 2. The molecule has 0 radical (unpaired) electrons. The molecule has 54 heavy (non-hydrogen) atoms. The Labute approximate surface area is 325 Å². The lowest BCUT2D eigenvalue weighted by atomic mass is 9.43. The average Bonchev–Trinajstić information content (AvgIpc) is 3.50. The molecule has 3 N–H and O–H groups in total. The minimum atomic E-state index is -0.698. The molecule has 2 heterocycles. The van der Waals surface area contributed by atoms with Crippen molar-refractivity contribution in [3.05, 3.63) is 21.7 Å². The fraction of sp³-hybridized carbons (Fsp3) is 0.810. The van der Waals surface area contributed by atoms with Crippen LogP contribution in [0.5, 0.6) is 0 Å². The van der Waals surface area contributed by atoms with Gasteiger partial charge in [0.25, 0.3) is 5.91 Å². The van der Waals surface area contributed by atoms with Gasteiger partial charge in [0.05, 0.1) is 17.9 Å². The van der Waals surface area contributed by atoms with E-state index in [1.165, 1.54) is 17.7 Å². The number of nitrogens with zero attached hydrogens (tertiary/aromatic N) is 4. The molecule has 4 aliphatic carbocycles. The number of fused-ring (bicyclic) bond motifs is 6. The Morgan fingerprint density at radius 3 is 2.63 bits per heavy atom. The molecule has 12 heteroatoms. The summed E-state index contributed by atoms with van der Waals surface area (Å²) < 4.78 is 0. The van der Waals surface area contributed by atoms with Crippen LogP contribution < -0.4 is 5.32 Å². The van der Waals surface area contributed by atoms with Crippen molar-refractivity contribution in [2.24, 2.45) is 57.4 Å². The van der Waals surface area contributed by atoms with E-state index in [1.54, 1.807) is 11.8 Å². The lowest BCUT2D eigenvalue weighted by Crippen LogP contribution is -2.70. The van der Waals surface area contributed by atoms with Crippen LogP contribution in [-0.4, -0.2) is 74.4 Å². The number of Topliss-reactive ketones (excluding diaryl/α,β-unsaturated/α-hetero) is 2. The van der Waals surface area contributed by atoms with Gasteiger partial charge in [0, 0.05) is 49.3 Å². The van der Waals surface area contributed by atoms with Gasteiger partial charge in [-0.1, -0.05) is 25.9 Å². The highest BCUT2D eigenvalue weighted by molar-refractivity contribution is 8.00. The van der Waals surface area contributed by atoms with E-state index in [1.807, 2.05) is 6.92 Å². The van der Waals surface area contributed by atoms with Gasteiger partial charge in [0.15, 0.2) is 5.78 Å². The van der Waals surface area contributed by atoms with Crippen molar-refractivity contribution in [3.63, 3.8) is 0 Å². The molecule has 0 bridgehead atoms. The van der Waals surface area contributed by atoms with Gasteiger partial charge in [-0.15, -0.1) is 24.1 Å². The number of aliphatic hydroxyl groups is 2. The molecule has 2 amide bonds. The van der Waals surface area contributed by atoms with Crippen LogP contribution >= 0.6 is 11.8 Å². The molecule has 2 aliphatic heterocycles. The molecule has 0 aromatic heterocycles. The number of azide groups is 1. The predicted octanol–water partition coefficient (Wildman–Crippen LogP) is 6.72. The summed E-state index contributed by atoms with van der Waals surface area (Å²) in [5.41, 5.74) is 9.63. The quantitative estimate of drug-likeness (QED) is 0.0415. The van der Waals surface area contributed by atoms with Crippen molar-refractivity contribution < 1.29 is 29.4 Å². The van der Waals surface area contributed by atoms with E-state index < -0.39 is 6.04 Å². The lowest BCUT2D eigenvalue weighted by molar-refractivity contribution is -0.175. The smallest absolute Gasteiger partial charge is 0.253 e. The first-order chi connectivity index (χ1) is 25.7. The van der Waals surface area contributed by atoms with E-state index in [4.69, 9.17) is 12.0 Å². The zero-order valence-corrected chi connectivity index (χ0v) is 33.5. The van der Waals surface area contributed by atoms with Crippen LogP contribution in [0.2, 0.25) is 0 Å². The van der Waals surface area contributed by atoms with E-state index in [2.05, 4.69) is 42.0 Å². The Hall–Kier alpha value is -2.84. The van der Waals surface area contributed by atoms with Crippen LogP contribution in [-0.2, 0) is 19.2 Å². The van der Waals surface area contributed by atoms with E-state index in [-0.39, 0.29) is 95.9 Å². The second-order valence-corrected chi connectivity index (χ2v) is 19.3. The zero-order valence-electron chi connectivity index (χ0n) is 32.7. The first kappa shape index (κ1) is 40.8. The van der Waals surface area contributed by atoms with Crippen molar-refractivity contribution in [3.8, 4) is 12.3 Å². The topological polar surface area (TPSA) is 173 Å². The average molecular weight is 764 g/mol. The Morgan fingerprint density at radius 2 is 1.89 bits per heavy atom. The van der Waals surface area contributed by atoms with Crippen LogP contribution in [0.1, 0.15) is 124 Å². The van der Waals surface area contributed by atoms with Crippen molar-refractivity contribution in [2.45, 2.75) is 148 Å². The first-order valence-electron chi connectivity index (χ1n) is 20.5. The maximum Gasteiger partial charge on any atom is 0.253 e. The number of aliphatic hydroxyl groups excluding tert-OH is 2. The predicted molar refractivity (Wildman–Crippen MR) is 208 cm³/mol. The van der Waals surface area contributed by atoms with Crippen molar-refractivity contribution in [2.75, 3.05) is 12.3 Å². The number of carbonyl (C=O) groups excluding carboxylic acids is 4. The van der Waals surface area contributed by atoms with Gasteiger partial charge in [-0.3, -0.25) is 24.1 Å². The SMILES string of the molecule is C#CCC(CC(=O)CCCN=[N+]=[N-])CC(=O)C1=C(C)CSC2C(NC(=O)CCC(C)C3CCC4C5CCC6CC(O)CCC6(C)C5CC(O)C34C)C(=O)N12. The molecule has 1 saturated heterocycles. The standard InChI is InChI=1S/C42H61N5O6S/c1-6-8-26(19-28(48)9-7-18-44-46-43)20-34(50)38-25(3)23-54-40-37(39(53)47(38)40)45-36(52)15-10-24(2)31-13-14-32-30-12-11-27-21-29(49)16-17-41(27,4)33(30)22-35(51)42(31,32)5/h1,24,26-27,29-33,35,37,40,49,51H,7-23H2,2-5H3,(H,45,52). The molecule has 5 fully saturated rings. The maximum atomic E-state index is 13.6. The summed E-state index contributed by atoms with van der Waals surface area (Å²) in [6.45, 7) is 9.08. The number of β-lactam (4-membered cyclic amide) rings is 1. The lowest BCUT2D eigenvalue weighted by Gasteiger charge is -2.62. The number of allylic oxidation sites excluding steroid dienone is 1. The fourth-order valence-corrected chi connectivity index (χ4v) is 13.7. The molecule has 11 nitrogen and oxygen atoms in total. The molecular weight excluding hydrogens is 703 g/mol. The number of carbonyl (C=O) groups is 4. The number of hydrogen-bond acceptors (Lipinski definition) is 8. The van der Waals surface area contributed by atoms with Gasteiger partial charge in [-0.2, -0.15) is 0 Å². The van der Waals surface area contributed by atoms with Crippen LogP contribution in [0.4, 0.5) is 0 Å². The highest BCUT2D eigenvalue weighted by Gasteiger charge is 2.64. The third-order valence-corrected chi connectivity index (χ3v) is 16.7. The van der Waals surface area contributed by atoms with E-state index >= 15 is 0 Å². The van der Waals surface area contributed by atoms with Gasteiger partial charge in [-0.05, 0) is 134 Å². The molecule has 4 saturated carbocycles. The molecule has 0 aromatic rings. The first-order valence-corrected chi connectivity index (χ1v) is 21.6. The maximum absolute atomic E-state index is 13.6. The number of rotatable bonds is 15. The number of thioether (sulfide) groups is 1. The number of hydrogen-bond donors (Lipinski definition) is 3. The minimum Gasteiger partial charge on any atom is -0.393 e. The summed E-state index contributed by atoms with van der Waals surface area (Å²) >= 11 is 1.54. The van der Waals surface area contributed by atoms with Crippen LogP contribution in [0.25, 0.3) is 10.4 Å². The van der Waals surface area contributed by atoms with Crippen molar-refractivity contribution >= 4 is 35.1 Å². The van der Waals surface area contributed by atoms with Crippen LogP contribution in [0, 0.1) is 64.6 Å². The fourth-order valence-electron chi connectivity index (χ4n) is 12.4. The Bertz CT molecular complexity index is 1600. The molecule has 6 aliphatic rings. The summed E-state index contributed by atoms with van der Waals surface area (Å²) in [5.74, 6) is 4.78. The summed E-state index contributed by atoms with van der Waals surface area (Å²) in [5, 5.41) is 28.4. The third-order valence-electron chi connectivity index (χ3n) is 15.2. The zero-order chi connectivity index (χ0) is 38.9. The van der Waals surface area contributed by atoms with Gasteiger partial charge in [0.2, 0.25) is 5.91 Å². The van der Waals surface area contributed by atoms with Crippen LogP contribution in [0.3, 0.4) is 0 Å². The number of amides is 2. The molecule has 13 atom stereocenters. The molecule has 13 unspecified atom stereocenters. The normalized spacial score (nSPS) is 38.0. The van der Waals surface area contributed by atoms with Crippen molar-refractivity contribution in [1.29, 1.82) is 0 Å². The molecule has 0 spiro atoms. The summed E-state index contributed by atoms with van der Waals surface area (Å²) in [6, 6.07) is -0.698. The van der Waals surface area contributed by atoms with Gasteiger partial charge >= 0.3 is 0 Å². The molecule has 0 aromatic carbocycles. The summed E-state index contributed by atoms with van der Waals surface area (Å²) in [7, 11) is 0. The monoisotopic (exact) mass is 763 g/mol. The van der Waals surface area contributed by atoms with Gasteiger partial charge in [-0.25, -0.2) is 0 Å². The van der Waals surface area contributed by atoms with E-state index in [0.29, 0.717) is 60.3 Å². The second kappa shape index (κ2) is 16.7. The van der Waals surface area contributed by atoms with Gasteiger partial charge in [0.1, 0.15) is 17.2 Å². The van der Waals surface area contributed by atoms with Crippen LogP contribution in [0.15, 0.2) is 16.4 Å². The Kier molecular flexibility index (Phi) is 12.6. The summed E-state index contributed by atoms with van der Waals surface area (Å²) in [6.07, 6.45) is 15.4. The number of nitrogens with one attached hydrogen (secondary N) is 1. The highest BCUT2D eigenvalue weighted by Crippen LogP contribution is 2.68. The molecular formula is C42H61N5O6S.